The van der Waals surface area contributed by atoms with Gasteiger partial charge >= 0.3 is 6.03 Å². The van der Waals surface area contributed by atoms with Gasteiger partial charge in [-0.3, -0.25) is 4.79 Å². The lowest BCUT2D eigenvalue weighted by atomic mass is 10.2. The molecule has 3 amide bonds. The summed E-state index contributed by atoms with van der Waals surface area (Å²) in [6.45, 7) is 2.16. The minimum Gasteiger partial charge on any atom is -0.504 e. The first-order chi connectivity index (χ1) is 14.7. The summed E-state index contributed by atoms with van der Waals surface area (Å²) >= 11 is 21.4. The van der Waals surface area contributed by atoms with Crippen LogP contribution >= 0.6 is 63.1 Å². The number of carbonyl (C=O) groups excluding carboxylic acids is 2. The molecule has 7 nitrogen and oxygen atoms in total. The molecule has 1 aliphatic heterocycles. The smallest absolute Gasteiger partial charge is 0.338 e. The number of hydrogen-bond donors (Lipinski definition) is 3. The highest BCUT2D eigenvalue weighted by Crippen LogP contribution is 2.37. The first kappa shape index (κ1) is 23.7. The number of phenolic OH excluding ortho intramolecular Hbond substituents is 1. The highest BCUT2D eigenvalue weighted by Gasteiger charge is 2.34. The number of phenols is 1. The third-order valence-electron chi connectivity index (χ3n) is 3.85. The van der Waals surface area contributed by atoms with Gasteiger partial charge < -0.3 is 15.2 Å². The molecule has 0 radical (unpaired) electrons. The van der Waals surface area contributed by atoms with Crippen LogP contribution in [-0.2, 0) is 4.79 Å². The first-order valence-corrected chi connectivity index (χ1v) is 11.4. The lowest BCUT2D eigenvalue weighted by Gasteiger charge is -2.16. The van der Waals surface area contributed by atoms with E-state index in [4.69, 9.17) is 40.2 Å². The van der Waals surface area contributed by atoms with Gasteiger partial charge in [0, 0.05) is 10.2 Å². The Balaban J connectivity index is 1.75. The second kappa shape index (κ2) is 10.1. The number of hydrazine groups is 1. The second-order valence-corrected chi connectivity index (χ2v) is 9.33. The minimum absolute atomic E-state index is 0.0286. The van der Waals surface area contributed by atoms with Crippen LogP contribution in [0.1, 0.15) is 12.5 Å². The molecule has 2 aromatic carbocycles. The third-order valence-corrected chi connectivity index (χ3v) is 6.58. The maximum atomic E-state index is 12.8. The van der Waals surface area contributed by atoms with Gasteiger partial charge in [-0.2, -0.15) is 5.01 Å². The van der Waals surface area contributed by atoms with Crippen molar-refractivity contribution < 1.29 is 19.4 Å². The van der Waals surface area contributed by atoms with Crippen LogP contribution in [0, 0.1) is 0 Å². The van der Waals surface area contributed by atoms with Crippen LogP contribution in [0.2, 0.25) is 10.0 Å². The lowest BCUT2D eigenvalue weighted by Crippen LogP contribution is -2.46. The summed E-state index contributed by atoms with van der Waals surface area (Å²) in [5.74, 6) is -0.247. The molecule has 162 valence electrons. The highest BCUT2D eigenvalue weighted by atomic mass is 79.9. The molecule has 1 saturated heterocycles. The molecule has 3 N–H and O–H groups in total. The van der Waals surface area contributed by atoms with Crippen LogP contribution in [0.5, 0.6) is 11.5 Å². The summed E-state index contributed by atoms with van der Waals surface area (Å²) in [6.07, 6.45) is 1.59. The SMILES string of the molecule is CCOc1cc(/C=C2\SC(=S)N(NC(=O)Nc3ccc(Cl)c(Cl)c3)C2=O)c(Br)cc1O. The second-order valence-electron chi connectivity index (χ2n) is 5.99. The molecule has 31 heavy (non-hydrogen) atoms. The number of nitrogens with one attached hydrogen (secondary N) is 2. The number of hydrogen-bond acceptors (Lipinski definition) is 6. The molecule has 0 aromatic heterocycles. The number of halogens is 3. The summed E-state index contributed by atoms with van der Waals surface area (Å²) in [5, 5.41) is 14.1. The Kier molecular flexibility index (Phi) is 7.71. The van der Waals surface area contributed by atoms with Crippen molar-refractivity contribution in [2.45, 2.75) is 6.92 Å². The quantitative estimate of drug-likeness (QED) is 0.315. The van der Waals surface area contributed by atoms with Gasteiger partial charge in [0.2, 0.25) is 0 Å². The average molecular weight is 563 g/mol. The molecule has 0 aliphatic carbocycles. The standard InChI is InChI=1S/C19H14BrCl2N3O4S2/c1-2-29-15-5-9(11(20)8-14(15)26)6-16-17(27)25(19(30)31-16)24-18(28)23-10-3-4-12(21)13(22)7-10/h3-8,26H,2H2,1H3,(H2,23,24,28)/b16-6-. The molecule has 0 spiro atoms. The molecule has 0 bridgehead atoms. The van der Waals surface area contributed by atoms with Crippen LogP contribution < -0.4 is 15.5 Å². The molecular weight excluding hydrogens is 549 g/mol. The number of ether oxygens (including phenoxy) is 1. The van der Waals surface area contributed by atoms with E-state index in [0.717, 1.165) is 16.8 Å². The summed E-state index contributed by atoms with van der Waals surface area (Å²) in [7, 11) is 0. The number of thioether (sulfide) groups is 1. The lowest BCUT2D eigenvalue weighted by molar-refractivity contribution is -0.123. The number of thiocarbonyl (C=S) groups is 1. The molecular formula is C19H14BrCl2N3O4S2. The topological polar surface area (TPSA) is 90.9 Å². The van der Waals surface area contributed by atoms with E-state index in [1.54, 1.807) is 25.1 Å². The number of carbonyl (C=O) groups is 2. The van der Waals surface area contributed by atoms with E-state index >= 15 is 0 Å². The number of benzene rings is 2. The molecule has 12 heteroatoms. The minimum atomic E-state index is -0.680. The number of rotatable bonds is 5. The van der Waals surface area contributed by atoms with E-state index in [1.165, 1.54) is 18.2 Å². The predicted molar refractivity (Wildman–Crippen MR) is 131 cm³/mol. The van der Waals surface area contributed by atoms with Crippen molar-refractivity contribution in [3.05, 3.63) is 55.3 Å². The molecule has 0 atom stereocenters. The average Bonchev–Trinajstić information content (AvgIpc) is 2.96. The highest BCUT2D eigenvalue weighted by molar-refractivity contribution is 9.10. The van der Waals surface area contributed by atoms with Crippen molar-refractivity contribution in [2.24, 2.45) is 0 Å². The Labute approximate surface area is 205 Å². The monoisotopic (exact) mass is 561 g/mol. The van der Waals surface area contributed by atoms with Gasteiger partial charge in [0.1, 0.15) is 0 Å². The van der Waals surface area contributed by atoms with Gasteiger partial charge in [-0.25, -0.2) is 10.2 Å². The Hall–Kier alpha value is -1.98. The summed E-state index contributed by atoms with van der Waals surface area (Å²) in [5.41, 5.74) is 3.40. The third kappa shape index (κ3) is 5.64. The Morgan fingerprint density at radius 3 is 2.74 bits per heavy atom. The largest absolute Gasteiger partial charge is 0.504 e. The van der Waals surface area contributed by atoms with E-state index in [2.05, 4.69) is 26.7 Å². The van der Waals surface area contributed by atoms with Crippen LogP contribution in [-0.4, -0.2) is 33.0 Å². The van der Waals surface area contributed by atoms with Gasteiger partial charge in [-0.15, -0.1) is 0 Å². The fraction of sp³-hybridized carbons (Fsp3) is 0.105. The summed E-state index contributed by atoms with van der Waals surface area (Å²) < 4.78 is 6.09. The maximum absolute atomic E-state index is 12.8. The van der Waals surface area contributed by atoms with Gasteiger partial charge in [0.15, 0.2) is 15.8 Å². The van der Waals surface area contributed by atoms with Crippen molar-refractivity contribution >= 4 is 91.1 Å². The first-order valence-electron chi connectivity index (χ1n) is 8.65. The molecule has 1 aliphatic rings. The zero-order chi connectivity index (χ0) is 22.7. The molecule has 0 unspecified atom stereocenters. The van der Waals surface area contributed by atoms with Gasteiger partial charge in [-0.1, -0.05) is 50.9 Å². The molecule has 1 fully saturated rings. The van der Waals surface area contributed by atoms with Crippen molar-refractivity contribution in [1.29, 1.82) is 0 Å². The van der Waals surface area contributed by atoms with Gasteiger partial charge in [-0.05, 0) is 61.1 Å². The van der Waals surface area contributed by atoms with E-state index in [-0.39, 0.29) is 25.7 Å². The van der Waals surface area contributed by atoms with E-state index in [9.17, 15) is 14.7 Å². The van der Waals surface area contributed by atoms with Crippen LogP contribution in [0.4, 0.5) is 10.5 Å². The molecule has 0 saturated carbocycles. The van der Waals surface area contributed by atoms with Crippen LogP contribution in [0.25, 0.3) is 6.08 Å². The van der Waals surface area contributed by atoms with E-state index < -0.39 is 11.9 Å². The van der Waals surface area contributed by atoms with Crippen LogP contribution in [0.15, 0.2) is 39.7 Å². The van der Waals surface area contributed by atoms with Crippen molar-refractivity contribution in [1.82, 2.24) is 10.4 Å². The van der Waals surface area contributed by atoms with Crippen LogP contribution in [0.3, 0.4) is 0 Å². The Morgan fingerprint density at radius 2 is 2.06 bits per heavy atom. The van der Waals surface area contributed by atoms with Gasteiger partial charge in [0.05, 0.1) is 21.6 Å². The van der Waals surface area contributed by atoms with E-state index in [0.29, 0.717) is 27.4 Å². The zero-order valence-corrected chi connectivity index (χ0v) is 20.5. The molecule has 1 heterocycles. The fourth-order valence-electron chi connectivity index (χ4n) is 2.48. The summed E-state index contributed by atoms with van der Waals surface area (Å²) in [6, 6.07) is 6.97. The Bertz CT molecular complexity index is 1110. The van der Waals surface area contributed by atoms with E-state index in [1.807, 2.05) is 0 Å². The summed E-state index contributed by atoms with van der Waals surface area (Å²) in [4.78, 5) is 25.4. The zero-order valence-electron chi connectivity index (χ0n) is 15.7. The Morgan fingerprint density at radius 1 is 1.32 bits per heavy atom. The van der Waals surface area contributed by atoms with Crippen molar-refractivity contribution in [3.63, 3.8) is 0 Å². The number of anilines is 1. The number of nitrogens with zero attached hydrogens (tertiary/aromatic N) is 1. The number of amides is 3. The number of aromatic hydroxyl groups is 1. The maximum Gasteiger partial charge on any atom is 0.338 e. The van der Waals surface area contributed by atoms with Crippen molar-refractivity contribution in [3.8, 4) is 11.5 Å². The fourth-order valence-corrected chi connectivity index (χ4v) is 4.39. The van der Waals surface area contributed by atoms with Crippen molar-refractivity contribution in [2.75, 3.05) is 11.9 Å². The molecule has 3 rings (SSSR count). The normalized spacial score (nSPS) is 14.8. The molecule has 2 aromatic rings. The van der Waals surface area contributed by atoms with Gasteiger partial charge in [0.25, 0.3) is 5.91 Å². The number of urea groups is 1. The predicted octanol–water partition coefficient (Wildman–Crippen LogP) is 5.80.